The maximum Gasteiger partial charge on any atom is 0.416 e. The lowest BCUT2D eigenvalue weighted by molar-refractivity contribution is -0.0882. The monoisotopic (exact) mass is 240 g/mol. The molecule has 12 heavy (non-hydrogen) atoms. The Kier molecular flexibility index (Phi) is 4.31. The van der Waals surface area contributed by atoms with Gasteiger partial charge in [0.2, 0.25) is 0 Å². The van der Waals surface area contributed by atoms with E-state index in [1.54, 1.807) is 0 Å². The Labute approximate surface area is 77.6 Å². The van der Waals surface area contributed by atoms with Crippen LogP contribution in [0.25, 0.3) is 0 Å². The minimum Gasteiger partial charge on any atom is -0.166 e. The van der Waals surface area contributed by atoms with Gasteiger partial charge in [-0.15, -0.1) is 0 Å². The average molecular weight is 241 g/mol. The van der Waals surface area contributed by atoms with E-state index in [1.165, 1.54) is 6.92 Å². The summed E-state index contributed by atoms with van der Waals surface area (Å²) < 4.78 is 36.7. The molecule has 68 valence electrons. The second-order valence-electron chi connectivity index (χ2n) is 2.09. The first-order valence-electron chi connectivity index (χ1n) is 3.11. The van der Waals surface area contributed by atoms with Gasteiger partial charge in [-0.3, -0.25) is 0 Å². The molecule has 0 amide bonds. The molecule has 0 aromatic rings. The third-order valence-electron chi connectivity index (χ3n) is 0.979. The van der Waals surface area contributed by atoms with Crippen molar-refractivity contribution in [1.82, 2.24) is 0 Å². The van der Waals surface area contributed by atoms with E-state index >= 15 is 0 Å². The maximum atomic E-state index is 12.1. The Balaban J connectivity index is 4.82. The van der Waals surface area contributed by atoms with E-state index in [-0.39, 0.29) is 0 Å². The van der Waals surface area contributed by atoms with Crippen molar-refractivity contribution >= 4 is 15.9 Å². The van der Waals surface area contributed by atoms with Gasteiger partial charge >= 0.3 is 6.18 Å². The van der Waals surface area contributed by atoms with Crippen molar-refractivity contribution in [1.29, 1.82) is 0 Å². The lowest BCUT2D eigenvalue weighted by atomic mass is 10.2. The van der Waals surface area contributed by atoms with Crippen molar-refractivity contribution in [3.05, 3.63) is 34.9 Å². The summed E-state index contributed by atoms with van der Waals surface area (Å²) in [5, 5.41) is 0. The van der Waals surface area contributed by atoms with Crippen molar-refractivity contribution in [2.24, 2.45) is 0 Å². The summed E-state index contributed by atoms with van der Waals surface area (Å²) in [6.07, 6.45) is -1.29. The van der Waals surface area contributed by atoms with Gasteiger partial charge in [0.15, 0.2) is 0 Å². The SMILES string of the molecule is C=C/C=C(\C=C(/C)Br)C(F)(F)F. The highest BCUT2D eigenvalue weighted by Crippen LogP contribution is 2.28. The molecule has 0 aromatic carbocycles. The van der Waals surface area contributed by atoms with Crippen molar-refractivity contribution < 1.29 is 13.2 Å². The molecule has 0 aliphatic heterocycles. The quantitative estimate of drug-likeness (QED) is 0.642. The molecule has 0 aliphatic rings. The molecule has 0 rings (SSSR count). The van der Waals surface area contributed by atoms with Crippen LogP contribution < -0.4 is 0 Å². The molecule has 0 fully saturated rings. The Morgan fingerprint density at radius 3 is 2.17 bits per heavy atom. The molecule has 0 atom stereocenters. The highest BCUT2D eigenvalue weighted by atomic mass is 79.9. The number of halogens is 4. The fraction of sp³-hybridized carbons (Fsp3) is 0.250. The summed E-state index contributed by atoms with van der Waals surface area (Å²) >= 11 is 2.92. The van der Waals surface area contributed by atoms with Gasteiger partial charge in [0.05, 0.1) is 5.57 Å². The number of hydrogen-bond donors (Lipinski definition) is 0. The number of alkyl halides is 3. The van der Waals surface area contributed by atoms with Crippen LogP contribution in [0.15, 0.2) is 34.9 Å². The fourth-order valence-corrected chi connectivity index (χ4v) is 0.812. The summed E-state index contributed by atoms with van der Waals surface area (Å²) in [4.78, 5) is 0. The molecule has 0 nitrogen and oxygen atoms in total. The lowest BCUT2D eigenvalue weighted by Crippen LogP contribution is -2.09. The smallest absolute Gasteiger partial charge is 0.166 e. The standard InChI is InChI=1S/C8H8BrF3/c1-3-4-7(5-6(2)9)8(10,11)12/h3-5H,1H2,2H3/b6-5+,7-4+. The van der Waals surface area contributed by atoms with Gasteiger partial charge in [-0.2, -0.15) is 13.2 Å². The van der Waals surface area contributed by atoms with E-state index in [0.717, 1.165) is 18.2 Å². The van der Waals surface area contributed by atoms with Gasteiger partial charge in [-0.1, -0.05) is 34.7 Å². The minimum absolute atomic E-state index is 0.424. The zero-order valence-corrected chi connectivity index (χ0v) is 8.04. The summed E-state index contributed by atoms with van der Waals surface area (Å²) in [6.45, 7) is 4.73. The zero-order chi connectivity index (χ0) is 9.78. The molecular weight excluding hydrogens is 233 g/mol. The van der Waals surface area contributed by atoms with E-state index in [0.29, 0.717) is 4.48 Å². The van der Waals surface area contributed by atoms with Gasteiger partial charge < -0.3 is 0 Å². The van der Waals surface area contributed by atoms with Gasteiger partial charge in [0, 0.05) is 0 Å². The Bertz CT molecular complexity index is 219. The Morgan fingerprint density at radius 2 is 1.92 bits per heavy atom. The third-order valence-corrected chi connectivity index (χ3v) is 1.21. The zero-order valence-electron chi connectivity index (χ0n) is 6.45. The summed E-state index contributed by atoms with van der Waals surface area (Å²) in [5.74, 6) is 0. The molecule has 4 heteroatoms. The summed E-state index contributed by atoms with van der Waals surface area (Å²) in [7, 11) is 0. The van der Waals surface area contributed by atoms with E-state index in [9.17, 15) is 13.2 Å². The van der Waals surface area contributed by atoms with Gasteiger partial charge in [0.25, 0.3) is 0 Å². The van der Waals surface area contributed by atoms with Crippen molar-refractivity contribution in [2.45, 2.75) is 13.1 Å². The van der Waals surface area contributed by atoms with Crippen LogP contribution in [0.2, 0.25) is 0 Å². The molecule has 0 heterocycles. The van der Waals surface area contributed by atoms with Crippen LogP contribution >= 0.6 is 15.9 Å². The summed E-state index contributed by atoms with van der Waals surface area (Å²) in [6, 6.07) is 0. The molecule has 0 aliphatic carbocycles. The first-order chi connectivity index (χ1) is 5.38. The molecule has 0 N–H and O–H groups in total. The second kappa shape index (κ2) is 4.50. The van der Waals surface area contributed by atoms with Crippen molar-refractivity contribution in [3.8, 4) is 0 Å². The predicted molar refractivity (Wildman–Crippen MR) is 47.0 cm³/mol. The van der Waals surface area contributed by atoms with Crippen LogP contribution in [-0.4, -0.2) is 6.18 Å². The van der Waals surface area contributed by atoms with E-state index in [1.807, 2.05) is 0 Å². The van der Waals surface area contributed by atoms with E-state index in [2.05, 4.69) is 22.5 Å². The van der Waals surface area contributed by atoms with Crippen LogP contribution in [0.1, 0.15) is 6.92 Å². The van der Waals surface area contributed by atoms with Gasteiger partial charge in [0.1, 0.15) is 0 Å². The van der Waals surface area contributed by atoms with Crippen molar-refractivity contribution in [2.75, 3.05) is 0 Å². The minimum atomic E-state index is -4.32. The topological polar surface area (TPSA) is 0 Å². The molecule has 0 spiro atoms. The van der Waals surface area contributed by atoms with Gasteiger partial charge in [-0.05, 0) is 17.5 Å². The second-order valence-corrected chi connectivity index (χ2v) is 3.34. The molecule has 0 bridgehead atoms. The lowest BCUT2D eigenvalue weighted by Gasteiger charge is -2.06. The average Bonchev–Trinajstić information content (AvgIpc) is 1.83. The highest BCUT2D eigenvalue weighted by molar-refractivity contribution is 9.11. The van der Waals surface area contributed by atoms with Crippen LogP contribution in [0.5, 0.6) is 0 Å². The molecular formula is C8H8BrF3. The molecule has 0 saturated heterocycles. The normalized spacial score (nSPS) is 14.8. The van der Waals surface area contributed by atoms with E-state index < -0.39 is 11.7 Å². The van der Waals surface area contributed by atoms with Gasteiger partial charge in [-0.25, -0.2) is 0 Å². The highest BCUT2D eigenvalue weighted by Gasteiger charge is 2.31. The Morgan fingerprint density at radius 1 is 1.42 bits per heavy atom. The first kappa shape index (κ1) is 11.5. The predicted octanol–water partition coefficient (Wildman–Crippen LogP) is 3.96. The van der Waals surface area contributed by atoms with Crippen molar-refractivity contribution in [3.63, 3.8) is 0 Å². The molecule has 0 aromatic heterocycles. The Hall–Kier alpha value is -0.510. The number of allylic oxidation sites excluding steroid dienone is 5. The number of hydrogen-bond acceptors (Lipinski definition) is 0. The van der Waals surface area contributed by atoms with E-state index in [4.69, 9.17) is 0 Å². The van der Waals surface area contributed by atoms with Crippen LogP contribution in [0, 0.1) is 0 Å². The fourth-order valence-electron chi connectivity index (χ4n) is 0.566. The molecule has 0 radical (unpaired) electrons. The largest absolute Gasteiger partial charge is 0.416 e. The van der Waals surface area contributed by atoms with Crippen LogP contribution in [-0.2, 0) is 0 Å². The van der Waals surface area contributed by atoms with Crippen LogP contribution in [0.3, 0.4) is 0 Å². The summed E-state index contributed by atoms with van der Waals surface area (Å²) in [5.41, 5.74) is -0.716. The first-order valence-corrected chi connectivity index (χ1v) is 3.91. The third kappa shape index (κ3) is 4.38. The number of rotatable bonds is 2. The maximum absolute atomic E-state index is 12.1. The molecule has 0 saturated carbocycles. The molecule has 0 unspecified atom stereocenters. The van der Waals surface area contributed by atoms with Crippen LogP contribution in [0.4, 0.5) is 13.2 Å².